The van der Waals surface area contributed by atoms with Gasteiger partial charge in [-0.15, -0.1) is 0 Å². The summed E-state index contributed by atoms with van der Waals surface area (Å²) in [6, 6.07) is 6.97. The lowest BCUT2D eigenvalue weighted by molar-refractivity contribution is 0.180. The minimum absolute atomic E-state index is 0.290. The molecule has 0 aromatic rings. The first-order valence-corrected chi connectivity index (χ1v) is 5.38. The molecule has 1 N–H and O–H groups in total. The lowest BCUT2D eigenvalue weighted by Gasteiger charge is -2.20. The average molecular weight is 189 g/mol. The predicted octanol–water partition coefficient (Wildman–Crippen LogP) is 2.19. The fourth-order valence-corrected chi connectivity index (χ4v) is 2.21. The van der Waals surface area contributed by atoms with Gasteiger partial charge in [0.2, 0.25) is 0 Å². The van der Waals surface area contributed by atoms with E-state index in [9.17, 15) is 0 Å². The van der Waals surface area contributed by atoms with E-state index in [1.165, 1.54) is 24.0 Å². The maximum atomic E-state index is 5.88. The minimum atomic E-state index is 0.290. The van der Waals surface area contributed by atoms with Gasteiger partial charge in [-0.2, -0.15) is 0 Å². The summed E-state index contributed by atoms with van der Waals surface area (Å²) < 4.78 is 5.88. The molecule has 2 atom stereocenters. The second-order valence-electron chi connectivity index (χ2n) is 4.27. The van der Waals surface area contributed by atoms with Crippen LogP contribution in [0.3, 0.4) is 0 Å². The summed E-state index contributed by atoms with van der Waals surface area (Å²) in [5.41, 5.74) is 2.71. The minimum Gasteiger partial charge on any atom is -0.489 e. The number of rotatable bonds is 3. The molecule has 74 valence electrons. The van der Waals surface area contributed by atoms with E-state index in [0.717, 1.165) is 12.3 Å². The van der Waals surface area contributed by atoms with Crippen LogP contribution < -0.4 is 10.1 Å². The zero-order valence-corrected chi connectivity index (χ0v) is 8.42. The van der Waals surface area contributed by atoms with E-state index < -0.39 is 0 Å². The molecule has 2 heteroatoms. The zero-order chi connectivity index (χ0) is 9.54. The Balaban J connectivity index is 1.62. The first-order valence-electron chi connectivity index (χ1n) is 5.38. The second kappa shape index (κ2) is 2.99. The lowest BCUT2D eigenvalue weighted by atomic mass is 10.1. The summed E-state index contributed by atoms with van der Waals surface area (Å²) in [5.74, 6) is 1.04. The predicted molar refractivity (Wildman–Crippen MR) is 56.6 cm³/mol. The number of ether oxygens (including phenoxy) is 1. The first kappa shape index (κ1) is 8.30. The van der Waals surface area contributed by atoms with E-state index in [1.807, 2.05) is 0 Å². The maximum Gasteiger partial charge on any atom is 0.121 e. The number of nitrogens with one attached hydrogen (secondary N) is 1. The molecule has 0 aromatic heterocycles. The van der Waals surface area contributed by atoms with Crippen molar-refractivity contribution in [1.29, 1.82) is 0 Å². The van der Waals surface area contributed by atoms with Gasteiger partial charge in [0.25, 0.3) is 0 Å². The van der Waals surface area contributed by atoms with Crippen LogP contribution >= 0.6 is 0 Å². The van der Waals surface area contributed by atoms with Crippen LogP contribution in [-0.4, -0.2) is 18.7 Å². The third-order valence-electron chi connectivity index (χ3n) is 3.14. The van der Waals surface area contributed by atoms with Crippen LogP contribution in [0.2, 0.25) is 0 Å². The van der Waals surface area contributed by atoms with Crippen molar-refractivity contribution in [3.63, 3.8) is 0 Å². The molecule has 0 spiro atoms. The number of benzene rings is 1. The van der Waals surface area contributed by atoms with Gasteiger partial charge in [-0.25, -0.2) is 0 Å². The lowest BCUT2D eigenvalue weighted by Crippen LogP contribution is -2.36. The summed E-state index contributed by atoms with van der Waals surface area (Å²) >= 11 is 0. The molecule has 1 fully saturated rings. The van der Waals surface area contributed by atoms with Crippen molar-refractivity contribution in [2.24, 2.45) is 0 Å². The molecule has 0 radical (unpaired) electrons. The van der Waals surface area contributed by atoms with Crippen molar-refractivity contribution in [3.8, 4) is 16.9 Å². The van der Waals surface area contributed by atoms with Crippen molar-refractivity contribution < 1.29 is 4.74 Å². The Morgan fingerprint density at radius 1 is 1.36 bits per heavy atom. The first-order chi connectivity index (χ1) is 6.83. The Hall–Kier alpha value is -1.02. The van der Waals surface area contributed by atoms with E-state index in [1.54, 1.807) is 0 Å². The largest absolute Gasteiger partial charge is 0.489 e. The molecule has 2 aliphatic carbocycles. The Morgan fingerprint density at radius 3 is 2.79 bits per heavy atom. The molecule has 2 unspecified atom stereocenters. The fraction of sp³-hybridized carbons (Fsp3) is 0.500. The van der Waals surface area contributed by atoms with Gasteiger partial charge >= 0.3 is 0 Å². The summed E-state index contributed by atoms with van der Waals surface area (Å²) in [4.78, 5) is 0. The van der Waals surface area contributed by atoms with Crippen LogP contribution in [0, 0.1) is 0 Å². The third-order valence-corrected chi connectivity index (χ3v) is 3.14. The molecule has 0 saturated carbocycles. The Morgan fingerprint density at radius 2 is 2.14 bits per heavy atom. The normalized spacial score (nSPS) is 24.8. The smallest absolute Gasteiger partial charge is 0.121 e. The highest BCUT2D eigenvalue weighted by molar-refractivity contribution is 5.83. The van der Waals surface area contributed by atoms with Crippen molar-refractivity contribution in [3.05, 3.63) is 18.2 Å². The van der Waals surface area contributed by atoms with E-state index >= 15 is 0 Å². The van der Waals surface area contributed by atoms with Gasteiger partial charge in [0.05, 0.1) is 0 Å². The van der Waals surface area contributed by atoms with Crippen LogP contribution in [0.15, 0.2) is 18.2 Å². The summed E-state index contributed by atoms with van der Waals surface area (Å²) in [5, 5.41) is 3.47. The molecular weight excluding hydrogens is 174 g/mol. The average Bonchev–Trinajstić information content (AvgIpc) is 2.69. The standard InChI is InChI=1S/C12H15NO/c1-8(12-3-2-4-13-12)14-11-6-9-5-10(9)7-11/h5-8,12-13H,2-4H2,1H3. The van der Waals surface area contributed by atoms with Crippen LogP contribution in [0.1, 0.15) is 19.8 Å². The maximum absolute atomic E-state index is 5.88. The van der Waals surface area contributed by atoms with Gasteiger partial charge in [0.1, 0.15) is 11.9 Å². The molecule has 2 nitrogen and oxygen atoms in total. The molecule has 0 aromatic carbocycles. The van der Waals surface area contributed by atoms with E-state index in [-0.39, 0.29) is 0 Å². The van der Waals surface area contributed by atoms with Crippen molar-refractivity contribution >= 4 is 0 Å². The molecule has 1 aliphatic heterocycles. The van der Waals surface area contributed by atoms with Crippen LogP contribution in [0.25, 0.3) is 11.1 Å². The molecule has 0 amide bonds. The number of hydrogen-bond acceptors (Lipinski definition) is 2. The van der Waals surface area contributed by atoms with E-state index in [0.29, 0.717) is 12.1 Å². The number of fused-ring (bicyclic) bond motifs is 1. The topological polar surface area (TPSA) is 21.3 Å². The summed E-state index contributed by atoms with van der Waals surface area (Å²) in [7, 11) is 0. The third kappa shape index (κ3) is 1.40. The number of hydrogen-bond donors (Lipinski definition) is 1. The highest BCUT2D eigenvalue weighted by Gasteiger charge is 2.23. The highest BCUT2D eigenvalue weighted by atomic mass is 16.5. The highest BCUT2D eigenvalue weighted by Crippen LogP contribution is 2.40. The summed E-state index contributed by atoms with van der Waals surface area (Å²) in [6.45, 7) is 3.30. The van der Waals surface area contributed by atoms with Gasteiger partial charge in [0, 0.05) is 6.04 Å². The van der Waals surface area contributed by atoms with Gasteiger partial charge < -0.3 is 10.1 Å². The molecule has 1 heterocycles. The van der Waals surface area contributed by atoms with Crippen molar-refractivity contribution in [2.75, 3.05) is 6.54 Å². The van der Waals surface area contributed by atoms with Crippen LogP contribution in [0.5, 0.6) is 5.75 Å². The monoisotopic (exact) mass is 189 g/mol. The van der Waals surface area contributed by atoms with Gasteiger partial charge in [-0.05, 0) is 55.6 Å². The van der Waals surface area contributed by atoms with Gasteiger partial charge in [-0.3, -0.25) is 0 Å². The Bertz CT molecular complexity index is 335. The SMILES string of the molecule is CC(Oc1cc2cc-2c1)C1CCCN1. The fourth-order valence-electron chi connectivity index (χ4n) is 2.21. The molecule has 14 heavy (non-hydrogen) atoms. The van der Waals surface area contributed by atoms with Crippen molar-refractivity contribution in [2.45, 2.75) is 31.9 Å². The van der Waals surface area contributed by atoms with Crippen LogP contribution in [-0.2, 0) is 0 Å². The van der Waals surface area contributed by atoms with Crippen molar-refractivity contribution in [1.82, 2.24) is 5.32 Å². The molecule has 3 aliphatic rings. The zero-order valence-electron chi connectivity index (χ0n) is 8.42. The summed E-state index contributed by atoms with van der Waals surface area (Å²) in [6.07, 6.45) is 2.82. The van der Waals surface area contributed by atoms with Gasteiger partial charge in [0.15, 0.2) is 0 Å². The van der Waals surface area contributed by atoms with Crippen LogP contribution in [0.4, 0.5) is 0 Å². The molecule has 1 saturated heterocycles. The molecule has 0 bridgehead atoms. The van der Waals surface area contributed by atoms with E-state index in [2.05, 4.69) is 30.4 Å². The van der Waals surface area contributed by atoms with E-state index in [4.69, 9.17) is 4.74 Å². The quantitative estimate of drug-likeness (QED) is 0.799. The Kier molecular flexibility index (Phi) is 1.77. The molecule has 3 rings (SSSR count). The Labute approximate surface area is 84.3 Å². The molecular formula is C12H15NO. The second-order valence-corrected chi connectivity index (χ2v) is 4.27. The van der Waals surface area contributed by atoms with Gasteiger partial charge in [-0.1, -0.05) is 0 Å².